The van der Waals surface area contributed by atoms with Crippen LogP contribution in [-0.2, 0) is 17.8 Å². The van der Waals surface area contributed by atoms with Crippen LogP contribution in [0.1, 0.15) is 30.4 Å². The minimum Gasteiger partial charge on any atom is -0.352 e. The highest BCUT2D eigenvalue weighted by Gasteiger charge is 2.12. The highest BCUT2D eigenvalue weighted by Crippen LogP contribution is 2.08. The van der Waals surface area contributed by atoms with Crippen molar-refractivity contribution in [2.24, 2.45) is 5.73 Å². The standard InChI is InChI=1S/C16H25N3O/c17-9-7-14-3-5-15(6-4-14)13-18-16(20)8-12-19-10-1-2-11-19/h3-6H,1-2,7-13,17H2,(H,18,20). The third-order valence-electron chi connectivity index (χ3n) is 3.80. The van der Waals surface area contributed by atoms with E-state index in [-0.39, 0.29) is 5.91 Å². The van der Waals surface area contributed by atoms with E-state index in [0.717, 1.165) is 31.6 Å². The number of carbonyl (C=O) groups is 1. The Morgan fingerprint density at radius 1 is 1.15 bits per heavy atom. The number of benzene rings is 1. The average molecular weight is 275 g/mol. The minimum absolute atomic E-state index is 0.142. The van der Waals surface area contributed by atoms with Crippen LogP contribution < -0.4 is 11.1 Å². The molecule has 1 fully saturated rings. The van der Waals surface area contributed by atoms with Crippen LogP contribution in [0.25, 0.3) is 0 Å². The van der Waals surface area contributed by atoms with E-state index in [9.17, 15) is 4.79 Å². The molecule has 1 aliphatic rings. The molecule has 0 unspecified atom stereocenters. The molecule has 3 N–H and O–H groups in total. The fourth-order valence-corrected chi connectivity index (χ4v) is 2.55. The fraction of sp³-hybridized carbons (Fsp3) is 0.562. The van der Waals surface area contributed by atoms with Crippen molar-refractivity contribution < 1.29 is 4.79 Å². The van der Waals surface area contributed by atoms with E-state index < -0.39 is 0 Å². The number of amides is 1. The van der Waals surface area contributed by atoms with Gasteiger partial charge in [-0.15, -0.1) is 0 Å². The second-order valence-corrected chi connectivity index (χ2v) is 5.43. The van der Waals surface area contributed by atoms with Gasteiger partial charge in [-0.1, -0.05) is 24.3 Å². The van der Waals surface area contributed by atoms with Crippen LogP contribution in [-0.4, -0.2) is 37.0 Å². The first-order valence-corrected chi connectivity index (χ1v) is 7.55. The van der Waals surface area contributed by atoms with Gasteiger partial charge >= 0.3 is 0 Å². The summed E-state index contributed by atoms with van der Waals surface area (Å²) in [6.07, 6.45) is 4.06. The Labute approximate surface area is 121 Å². The van der Waals surface area contributed by atoms with Gasteiger partial charge in [-0.2, -0.15) is 0 Å². The third-order valence-corrected chi connectivity index (χ3v) is 3.80. The Bertz CT molecular complexity index is 410. The lowest BCUT2D eigenvalue weighted by Crippen LogP contribution is -2.29. The molecule has 1 heterocycles. The van der Waals surface area contributed by atoms with Gasteiger partial charge in [0.25, 0.3) is 0 Å². The summed E-state index contributed by atoms with van der Waals surface area (Å²) in [6.45, 7) is 4.47. The highest BCUT2D eigenvalue weighted by atomic mass is 16.1. The van der Waals surface area contributed by atoms with Crippen molar-refractivity contribution in [2.75, 3.05) is 26.2 Å². The summed E-state index contributed by atoms with van der Waals surface area (Å²) in [6, 6.07) is 8.29. The Balaban J connectivity index is 1.66. The van der Waals surface area contributed by atoms with Crippen molar-refractivity contribution in [3.05, 3.63) is 35.4 Å². The van der Waals surface area contributed by atoms with E-state index >= 15 is 0 Å². The van der Waals surface area contributed by atoms with Gasteiger partial charge in [0, 0.05) is 19.5 Å². The van der Waals surface area contributed by atoms with Crippen LogP contribution in [0.5, 0.6) is 0 Å². The summed E-state index contributed by atoms with van der Waals surface area (Å²) in [4.78, 5) is 14.2. The molecule has 1 saturated heterocycles. The van der Waals surface area contributed by atoms with Crippen LogP contribution in [0.3, 0.4) is 0 Å². The van der Waals surface area contributed by atoms with Gasteiger partial charge in [0.2, 0.25) is 5.91 Å². The Morgan fingerprint density at radius 2 is 1.80 bits per heavy atom. The molecule has 4 nitrogen and oxygen atoms in total. The summed E-state index contributed by atoms with van der Waals surface area (Å²) in [7, 11) is 0. The second kappa shape index (κ2) is 8.02. The molecule has 1 aliphatic heterocycles. The molecule has 0 saturated carbocycles. The average Bonchev–Trinajstić information content (AvgIpc) is 2.98. The fourth-order valence-electron chi connectivity index (χ4n) is 2.55. The van der Waals surface area contributed by atoms with E-state index in [0.29, 0.717) is 19.5 Å². The number of nitrogens with two attached hydrogens (primary N) is 1. The van der Waals surface area contributed by atoms with Gasteiger partial charge in [-0.3, -0.25) is 4.79 Å². The molecule has 0 radical (unpaired) electrons. The first-order chi connectivity index (χ1) is 9.78. The highest BCUT2D eigenvalue weighted by molar-refractivity contribution is 5.76. The number of hydrogen-bond donors (Lipinski definition) is 2. The predicted octanol–water partition coefficient (Wildman–Crippen LogP) is 1.29. The Hall–Kier alpha value is -1.39. The van der Waals surface area contributed by atoms with Gasteiger partial charge in [-0.25, -0.2) is 0 Å². The van der Waals surface area contributed by atoms with E-state index in [1.165, 1.54) is 18.4 Å². The molecule has 0 bridgehead atoms. The molecular weight excluding hydrogens is 250 g/mol. The van der Waals surface area contributed by atoms with Crippen molar-refractivity contribution in [3.63, 3.8) is 0 Å². The molecule has 0 aliphatic carbocycles. The molecule has 0 aromatic heterocycles. The summed E-state index contributed by atoms with van der Waals surface area (Å²) < 4.78 is 0. The second-order valence-electron chi connectivity index (χ2n) is 5.43. The van der Waals surface area contributed by atoms with Gasteiger partial charge < -0.3 is 16.0 Å². The topological polar surface area (TPSA) is 58.4 Å². The minimum atomic E-state index is 0.142. The monoisotopic (exact) mass is 275 g/mol. The number of carbonyl (C=O) groups excluding carboxylic acids is 1. The molecule has 2 rings (SSSR count). The van der Waals surface area contributed by atoms with Crippen LogP contribution in [0.4, 0.5) is 0 Å². The van der Waals surface area contributed by atoms with Crippen molar-refractivity contribution in [1.82, 2.24) is 10.2 Å². The summed E-state index contributed by atoms with van der Waals surface area (Å²) in [5.74, 6) is 0.142. The summed E-state index contributed by atoms with van der Waals surface area (Å²) in [5.41, 5.74) is 7.91. The molecule has 110 valence electrons. The van der Waals surface area contributed by atoms with Crippen molar-refractivity contribution in [2.45, 2.75) is 32.2 Å². The molecule has 1 aromatic carbocycles. The number of nitrogens with zero attached hydrogens (tertiary/aromatic N) is 1. The zero-order valence-electron chi connectivity index (χ0n) is 12.1. The van der Waals surface area contributed by atoms with Crippen LogP contribution in [0, 0.1) is 0 Å². The molecule has 1 aromatic rings. The Morgan fingerprint density at radius 3 is 2.45 bits per heavy atom. The molecule has 0 atom stereocenters. The number of nitrogens with one attached hydrogen (secondary N) is 1. The van der Waals surface area contributed by atoms with Crippen molar-refractivity contribution in [1.29, 1.82) is 0 Å². The van der Waals surface area contributed by atoms with Gasteiger partial charge in [0.05, 0.1) is 0 Å². The lowest BCUT2D eigenvalue weighted by atomic mass is 10.1. The van der Waals surface area contributed by atoms with Gasteiger partial charge in [-0.05, 0) is 50.0 Å². The van der Waals surface area contributed by atoms with E-state index in [4.69, 9.17) is 5.73 Å². The van der Waals surface area contributed by atoms with Crippen molar-refractivity contribution in [3.8, 4) is 0 Å². The quantitative estimate of drug-likeness (QED) is 0.788. The van der Waals surface area contributed by atoms with Crippen LogP contribution in [0.15, 0.2) is 24.3 Å². The van der Waals surface area contributed by atoms with Crippen LogP contribution >= 0.6 is 0 Å². The normalized spacial score (nSPS) is 15.4. The zero-order valence-corrected chi connectivity index (χ0v) is 12.1. The number of likely N-dealkylation sites (tertiary alicyclic amines) is 1. The SMILES string of the molecule is NCCc1ccc(CNC(=O)CCN2CCCC2)cc1. The van der Waals surface area contributed by atoms with Crippen LogP contribution in [0.2, 0.25) is 0 Å². The third kappa shape index (κ3) is 4.94. The maximum absolute atomic E-state index is 11.8. The Kier molecular flexibility index (Phi) is 6.02. The predicted molar refractivity (Wildman–Crippen MR) is 81.3 cm³/mol. The maximum atomic E-state index is 11.8. The lowest BCUT2D eigenvalue weighted by Gasteiger charge is -2.14. The molecule has 20 heavy (non-hydrogen) atoms. The van der Waals surface area contributed by atoms with Gasteiger partial charge in [0.1, 0.15) is 0 Å². The first-order valence-electron chi connectivity index (χ1n) is 7.55. The maximum Gasteiger partial charge on any atom is 0.221 e. The first kappa shape index (κ1) is 15.0. The van der Waals surface area contributed by atoms with E-state index in [1.807, 2.05) is 0 Å². The largest absolute Gasteiger partial charge is 0.352 e. The van der Waals surface area contributed by atoms with Crippen molar-refractivity contribution >= 4 is 5.91 Å². The summed E-state index contributed by atoms with van der Waals surface area (Å²) in [5, 5.41) is 2.98. The lowest BCUT2D eigenvalue weighted by molar-refractivity contribution is -0.121. The zero-order chi connectivity index (χ0) is 14.2. The molecular formula is C16H25N3O. The molecule has 0 spiro atoms. The molecule has 1 amide bonds. The van der Waals surface area contributed by atoms with Gasteiger partial charge in [0.15, 0.2) is 0 Å². The number of hydrogen-bond acceptors (Lipinski definition) is 3. The molecule has 4 heteroatoms. The summed E-state index contributed by atoms with van der Waals surface area (Å²) >= 11 is 0. The smallest absolute Gasteiger partial charge is 0.221 e. The van der Waals surface area contributed by atoms with E-state index in [1.54, 1.807) is 0 Å². The van der Waals surface area contributed by atoms with E-state index in [2.05, 4.69) is 34.5 Å². The number of rotatable bonds is 7.